The van der Waals surface area contributed by atoms with Crippen LogP contribution in [0.1, 0.15) is 0 Å². The summed E-state index contributed by atoms with van der Waals surface area (Å²) in [6, 6.07) is 67.5. The molecule has 12 rings (SSSR count). The first-order valence-electron chi connectivity index (χ1n) is 19.8. The number of hydrogen-bond acceptors (Lipinski definition) is 5. The van der Waals surface area contributed by atoms with Gasteiger partial charge in [0.1, 0.15) is 11.2 Å². The van der Waals surface area contributed by atoms with Crippen LogP contribution in [0.4, 0.5) is 0 Å². The number of para-hydroxylation sites is 2. The SMILES string of the molecule is c1ccc(-c2nc3c(-c4ccc(-c5nc(-c6ccc7ccccc7c6)nc(-c6ccc7ccccc7c6)n5)cc4)cccc3c3c2ccc2oc4ccccc4c23)cc1. The van der Waals surface area contributed by atoms with Crippen molar-refractivity contribution >= 4 is 65.2 Å². The Labute approximate surface area is 338 Å². The van der Waals surface area contributed by atoms with E-state index in [0.29, 0.717) is 17.5 Å². The number of nitrogens with zero attached hydrogens (tertiary/aromatic N) is 4. The Balaban J connectivity index is 1.03. The van der Waals surface area contributed by atoms with Crippen LogP contribution in [-0.4, -0.2) is 19.9 Å². The lowest BCUT2D eigenvalue weighted by Crippen LogP contribution is -2.00. The minimum Gasteiger partial charge on any atom is -0.456 e. The van der Waals surface area contributed by atoms with Crippen molar-refractivity contribution in [1.29, 1.82) is 0 Å². The summed E-state index contributed by atoms with van der Waals surface area (Å²) in [5, 5.41) is 10.1. The summed E-state index contributed by atoms with van der Waals surface area (Å²) in [7, 11) is 0. The maximum atomic E-state index is 6.40. The van der Waals surface area contributed by atoms with Gasteiger partial charge in [-0.05, 0) is 57.4 Å². The van der Waals surface area contributed by atoms with Gasteiger partial charge in [-0.1, -0.05) is 164 Å². The molecule has 3 heterocycles. The van der Waals surface area contributed by atoms with Gasteiger partial charge in [-0.3, -0.25) is 0 Å². The summed E-state index contributed by atoms with van der Waals surface area (Å²) in [4.78, 5) is 20.8. The van der Waals surface area contributed by atoms with Crippen LogP contribution in [0.15, 0.2) is 199 Å². The molecule has 9 aromatic carbocycles. The molecule has 0 unspecified atom stereocenters. The molecule has 274 valence electrons. The summed E-state index contributed by atoms with van der Waals surface area (Å²) in [5.74, 6) is 1.87. The molecule has 5 heteroatoms. The first-order valence-corrected chi connectivity index (χ1v) is 19.8. The van der Waals surface area contributed by atoms with Crippen molar-refractivity contribution in [3.05, 3.63) is 194 Å². The third kappa shape index (κ3) is 5.55. The second-order valence-electron chi connectivity index (χ2n) is 15.0. The molecule has 0 atom stereocenters. The first-order chi connectivity index (χ1) is 29.2. The Morgan fingerprint density at radius 1 is 0.305 bits per heavy atom. The zero-order chi connectivity index (χ0) is 38.9. The Bertz CT molecular complexity index is 3510. The fraction of sp³-hybridized carbons (Fsp3) is 0. The van der Waals surface area contributed by atoms with Crippen LogP contribution in [0.2, 0.25) is 0 Å². The van der Waals surface area contributed by atoms with Crippen molar-refractivity contribution in [3.63, 3.8) is 0 Å². The van der Waals surface area contributed by atoms with Crippen molar-refractivity contribution in [1.82, 2.24) is 19.9 Å². The van der Waals surface area contributed by atoms with E-state index in [4.69, 9.17) is 24.4 Å². The quantitative estimate of drug-likeness (QED) is 0.164. The standard InChI is InChI=1S/C54H32N4O/c1-2-13-36(14-3-1)50-45-29-30-47-49(43-17-8-9-20-46(43)59-47)48(45)44-19-10-18-42(51(44)55-50)35-23-25-37(26-24-35)52-56-53(40-27-21-33-11-4-6-15-38(33)31-40)58-54(57-52)41-28-22-34-12-5-7-16-39(34)32-41/h1-32H. The summed E-state index contributed by atoms with van der Waals surface area (Å²) in [6.07, 6.45) is 0. The number of pyridine rings is 1. The third-order valence-electron chi connectivity index (χ3n) is 11.5. The fourth-order valence-corrected chi connectivity index (χ4v) is 8.60. The molecule has 0 spiro atoms. The maximum Gasteiger partial charge on any atom is 0.164 e. The molecule has 0 radical (unpaired) electrons. The van der Waals surface area contributed by atoms with E-state index < -0.39 is 0 Å². The average Bonchev–Trinajstić information content (AvgIpc) is 3.70. The largest absolute Gasteiger partial charge is 0.456 e. The van der Waals surface area contributed by atoms with Gasteiger partial charge in [0, 0.05) is 54.7 Å². The van der Waals surface area contributed by atoms with Gasteiger partial charge in [0.15, 0.2) is 17.5 Å². The molecule has 0 aliphatic heterocycles. The van der Waals surface area contributed by atoms with Crippen LogP contribution in [-0.2, 0) is 0 Å². The normalized spacial score (nSPS) is 11.7. The Morgan fingerprint density at radius 3 is 1.56 bits per heavy atom. The van der Waals surface area contributed by atoms with Crippen LogP contribution >= 0.6 is 0 Å². The summed E-state index contributed by atoms with van der Waals surface area (Å²) in [5.41, 5.74) is 9.55. The van der Waals surface area contributed by atoms with E-state index in [9.17, 15) is 0 Å². The zero-order valence-corrected chi connectivity index (χ0v) is 31.7. The smallest absolute Gasteiger partial charge is 0.164 e. The zero-order valence-electron chi connectivity index (χ0n) is 31.7. The highest BCUT2D eigenvalue weighted by atomic mass is 16.3. The second kappa shape index (κ2) is 13.3. The lowest BCUT2D eigenvalue weighted by Gasteiger charge is -2.14. The van der Waals surface area contributed by atoms with Crippen LogP contribution in [0, 0.1) is 0 Å². The molecule has 0 aliphatic rings. The van der Waals surface area contributed by atoms with E-state index in [0.717, 1.165) is 93.5 Å². The minimum atomic E-state index is 0.612. The average molecular weight is 753 g/mol. The molecular weight excluding hydrogens is 721 g/mol. The van der Waals surface area contributed by atoms with E-state index >= 15 is 0 Å². The molecule has 3 aromatic heterocycles. The summed E-state index contributed by atoms with van der Waals surface area (Å²) >= 11 is 0. The van der Waals surface area contributed by atoms with Crippen molar-refractivity contribution in [3.8, 4) is 56.5 Å². The number of hydrogen-bond donors (Lipinski definition) is 0. The van der Waals surface area contributed by atoms with Crippen LogP contribution in [0.3, 0.4) is 0 Å². The first kappa shape index (κ1) is 33.2. The number of aromatic nitrogens is 4. The molecule has 12 aromatic rings. The molecule has 0 amide bonds. The highest BCUT2D eigenvalue weighted by Crippen LogP contribution is 2.43. The molecule has 0 fully saturated rings. The molecule has 0 saturated heterocycles. The van der Waals surface area contributed by atoms with Crippen molar-refractivity contribution in [2.24, 2.45) is 0 Å². The molecular formula is C54H32N4O. The predicted octanol–water partition coefficient (Wildman–Crippen LogP) is 14.1. The molecule has 0 N–H and O–H groups in total. The number of furan rings is 1. The lowest BCUT2D eigenvalue weighted by molar-refractivity contribution is 0.669. The number of benzene rings is 9. The fourth-order valence-electron chi connectivity index (χ4n) is 8.60. The van der Waals surface area contributed by atoms with Gasteiger partial charge < -0.3 is 4.42 Å². The number of rotatable bonds is 5. The second-order valence-corrected chi connectivity index (χ2v) is 15.0. The number of fused-ring (bicyclic) bond motifs is 9. The van der Waals surface area contributed by atoms with Gasteiger partial charge in [0.2, 0.25) is 0 Å². The van der Waals surface area contributed by atoms with Crippen molar-refractivity contribution < 1.29 is 4.42 Å². The predicted molar refractivity (Wildman–Crippen MR) is 242 cm³/mol. The third-order valence-corrected chi connectivity index (χ3v) is 11.5. The van der Waals surface area contributed by atoms with Crippen molar-refractivity contribution in [2.75, 3.05) is 0 Å². The van der Waals surface area contributed by atoms with Gasteiger partial charge in [0.05, 0.1) is 11.2 Å². The minimum absolute atomic E-state index is 0.612. The Kier molecular flexibility index (Phi) is 7.47. The molecule has 0 bridgehead atoms. The van der Waals surface area contributed by atoms with Gasteiger partial charge >= 0.3 is 0 Å². The monoisotopic (exact) mass is 752 g/mol. The van der Waals surface area contributed by atoms with Crippen LogP contribution < -0.4 is 0 Å². The van der Waals surface area contributed by atoms with E-state index in [1.807, 2.05) is 18.2 Å². The Morgan fingerprint density at radius 2 is 0.864 bits per heavy atom. The van der Waals surface area contributed by atoms with Gasteiger partial charge in [-0.2, -0.15) is 0 Å². The lowest BCUT2D eigenvalue weighted by atomic mass is 9.93. The van der Waals surface area contributed by atoms with Crippen molar-refractivity contribution in [2.45, 2.75) is 0 Å². The topological polar surface area (TPSA) is 64.7 Å². The van der Waals surface area contributed by atoms with E-state index in [1.165, 1.54) is 10.8 Å². The van der Waals surface area contributed by atoms with Gasteiger partial charge in [-0.25, -0.2) is 19.9 Å². The van der Waals surface area contributed by atoms with E-state index in [2.05, 4.69) is 176 Å². The van der Waals surface area contributed by atoms with Gasteiger partial charge in [0.25, 0.3) is 0 Å². The molecule has 59 heavy (non-hydrogen) atoms. The van der Waals surface area contributed by atoms with E-state index in [-0.39, 0.29) is 0 Å². The maximum absolute atomic E-state index is 6.40. The summed E-state index contributed by atoms with van der Waals surface area (Å²) < 4.78 is 6.40. The Hall–Kier alpha value is -8.02. The van der Waals surface area contributed by atoms with E-state index in [1.54, 1.807) is 0 Å². The molecule has 5 nitrogen and oxygen atoms in total. The highest BCUT2D eigenvalue weighted by Gasteiger charge is 2.20. The summed E-state index contributed by atoms with van der Waals surface area (Å²) in [6.45, 7) is 0. The molecule has 0 aliphatic carbocycles. The van der Waals surface area contributed by atoms with Gasteiger partial charge in [-0.15, -0.1) is 0 Å². The van der Waals surface area contributed by atoms with Crippen LogP contribution in [0.5, 0.6) is 0 Å². The van der Waals surface area contributed by atoms with Crippen LogP contribution in [0.25, 0.3) is 122 Å². The molecule has 0 saturated carbocycles. The highest BCUT2D eigenvalue weighted by molar-refractivity contribution is 6.29.